The van der Waals surface area contributed by atoms with Crippen molar-refractivity contribution >= 4 is 0 Å². The Morgan fingerprint density at radius 2 is 1.61 bits per heavy atom. The lowest BCUT2D eigenvalue weighted by molar-refractivity contribution is 0.106. The van der Waals surface area contributed by atoms with Crippen LogP contribution in [0.3, 0.4) is 0 Å². The minimum Gasteiger partial charge on any atom is -0.306 e. The molecule has 1 heteroatoms. The molecule has 0 unspecified atom stereocenters. The van der Waals surface area contributed by atoms with E-state index in [0.29, 0.717) is 5.41 Å². The van der Waals surface area contributed by atoms with E-state index >= 15 is 0 Å². The van der Waals surface area contributed by atoms with Crippen molar-refractivity contribution in [2.75, 3.05) is 20.1 Å². The van der Waals surface area contributed by atoms with Gasteiger partial charge < -0.3 is 4.90 Å². The van der Waals surface area contributed by atoms with Crippen LogP contribution >= 0.6 is 0 Å². The van der Waals surface area contributed by atoms with Gasteiger partial charge in [0.15, 0.2) is 0 Å². The third-order valence-corrected chi connectivity index (χ3v) is 5.12. The molecule has 0 aromatic heterocycles. The van der Waals surface area contributed by atoms with Crippen molar-refractivity contribution in [3.05, 3.63) is 35.5 Å². The van der Waals surface area contributed by atoms with Crippen LogP contribution in [0.5, 0.6) is 0 Å². The largest absolute Gasteiger partial charge is 0.306 e. The van der Waals surface area contributed by atoms with E-state index in [-0.39, 0.29) is 0 Å². The first-order valence-corrected chi connectivity index (χ1v) is 7.49. The van der Waals surface area contributed by atoms with E-state index in [1.54, 1.807) is 11.1 Å². The lowest BCUT2D eigenvalue weighted by Gasteiger charge is -2.45. The lowest BCUT2D eigenvalue weighted by Crippen LogP contribution is -2.39. The number of rotatable bonds is 0. The molecule has 0 atom stereocenters. The number of allylic oxidation sites excluding steroid dienone is 6. The topological polar surface area (TPSA) is 3.24 Å². The summed E-state index contributed by atoms with van der Waals surface area (Å²) in [5.41, 5.74) is 3.97. The van der Waals surface area contributed by atoms with Crippen molar-refractivity contribution in [1.29, 1.82) is 0 Å². The molecule has 0 N–H and O–H groups in total. The molecule has 1 saturated heterocycles. The van der Waals surface area contributed by atoms with E-state index in [4.69, 9.17) is 0 Å². The number of hydrogen-bond acceptors (Lipinski definition) is 1. The van der Waals surface area contributed by atoms with Crippen LogP contribution in [0.1, 0.15) is 44.9 Å². The Morgan fingerprint density at radius 1 is 0.944 bits per heavy atom. The molecule has 2 fully saturated rings. The second-order valence-electron chi connectivity index (χ2n) is 6.38. The highest BCUT2D eigenvalue weighted by Gasteiger charge is 2.37. The van der Waals surface area contributed by atoms with Crippen molar-refractivity contribution in [2.45, 2.75) is 44.9 Å². The van der Waals surface area contributed by atoms with E-state index in [1.807, 2.05) is 0 Å². The number of piperidine rings is 1. The zero-order valence-electron chi connectivity index (χ0n) is 11.6. The highest BCUT2D eigenvalue weighted by Crippen LogP contribution is 2.48. The van der Waals surface area contributed by atoms with E-state index in [0.717, 1.165) is 12.8 Å². The molecule has 98 valence electrons. The molecule has 2 aliphatic carbocycles. The molecule has 0 aromatic carbocycles. The van der Waals surface area contributed by atoms with Gasteiger partial charge in [0.1, 0.15) is 0 Å². The van der Waals surface area contributed by atoms with Gasteiger partial charge in [0, 0.05) is 0 Å². The normalized spacial score (nSPS) is 35.6. The first-order chi connectivity index (χ1) is 8.77. The first kappa shape index (κ1) is 12.2. The van der Waals surface area contributed by atoms with Crippen LogP contribution in [-0.4, -0.2) is 25.0 Å². The van der Waals surface area contributed by atoms with Gasteiger partial charge in [-0.1, -0.05) is 24.3 Å². The minimum atomic E-state index is 0.637. The Kier molecular flexibility index (Phi) is 3.43. The standard InChI is InChI=1S/C17H25N/c1-18-12-10-17(11-13-18)9-8-15-6-4-2-3-5-7-16(15)14-17/h2-3,6-7H,4-5,8-14H2,1H3/b3-2-,15-6-,16-7-. The van der Waals surface area contributed by atoms with Crippen LogP contribution in [0, 0.1) is 5.41 Å². The average molecular weight is 243 g/mol. The maximum absolute atomic E-state index is 2.49. The van der Waals surface area contributed by atoms with Crippen LogP contribution in [0.25, 0.3) is 0 Å². The van der Waals surface area contributed by atoms with Crippen molar-refractivity contribution in [3.8, 4) is 0 Å². The zero-order valence-corrected chi connectivity index (χ0v) is 11.6. The fourth-order valence-corrected chi connectivity index (χ4v) is 3.74. The monoisotopic (exact) mass is 243 g/mol. The summed E-state index contributed by atoms with van der Waals surface area (Å²) in [5, 5.41) is 0. The molecule has 0 bridgehead atoms. The van der Waals surface area contributed by atoms with Gasteiger partial charge in [0.2, 0.25) is 0 Å². The summed E-state index contributed by atoms with van der Waals surface area (Å²) in [6, 6.07) is 0. The van der Waals surface area contributed by atoms with Gasteiger partial charge >= 0.3 is 0 Å². The van der Waals surface area contributed by atoms with E-state index in [9.17, 15) is 0 Å². The van der Waals surface area contributed by atoms with Gasteiger partial charge in [-0.2, -0.15) is 0 Å². The summed E-state index contributed by atoms with van der Waals surface area (Å²) in [5.74, 6) is 0. The van der Waals surface area contributed by atoms with Gasteiger partial charge in [-0.25, -0.2) is 0 Å². The molecular weight excluding hydrogens is 218 g/mol. The first-order valence-electron chi connectivity index (χ1n) is 7.49. The summed E-state index contributed by atoms with van der Waals surface area (Å²) in [4.78, 5) is 2.49. The van der Waals surface area contributed by atoms with E-state index in [1.165, 1.54) is 45.2 Å². The Balaban J connectivity index is 1.77. The molecule has 1 heterocycles. The fourth-order valence-electron chi connectivity index (χ4n) is 3.74. The number of likely N-dealkylation sites (tertiary alicyclic amines) is 1. The second-order valence-corrected chi connectivity index (χ2v) is 6.38. The van der Waals surface area contributed by atoms with Gasteiger partial charge in [-0.15, -0.1) is 0 Å². The quantitative estimate of drug-likeness (QED) is 0.579. The maximum atomic E-state index is 2.49. The molecule has 1 nitrogen and oxygen atoms in total. The number of hydrogen-bond donors (Lipinski definition) is 0. The van der Waals surface area contributed by atoms with Crippen LogP contribution in [0.2, 0.25) is 0 Å². The maximum Gasteiger partial charge on any atom is -0.00164 e. The Hall–Kier alpha value is -0.820. The highest BCUT2D eigenvalue weighted by molar-refractivity contribution is 5.36. The Labute approximate surface area is 111 Å². The third kappa shape index (κ3) is 2.47. The molecule has 18 heavy (non-hydrogen) atoms. The van der Waals surface area contributed by atoms with Crippen molar-refractivity contribution in [3.63, 3.8) is 0 Å². The van der Waals surface area contributed by atoms with Crippen molar-refractivity contribution < 1.29 is 0 Å². The number of nitrogens with zero attached hydrogens (tertiary/aromatic N) is 1. The molecule has 3 aliphatic rings. The summed E-state index contributed by atoms with van der Waals surface area (Å²) < 4.78 is 0. The van der Waals surface area contributed by atoms with Gasteiger partial charge in [-0.05, 0) is 81.6 Å². The summed E-state index contributed by atoms with van der Waals surface area (Å²) in [6.07, 6.45) is 18.8. The molecule has 0 amide bonds. The van der Waals surface area contributed by atoms with Crippen LogP contribution in [-0.2, 0) is 0 Å². The molecular formula is C17H25N. The Bertz CT molecular complexity index is 392. The van der Waals surface area contributed by atoms with Crippen LogP contribution < -0.4 is 0 Å². The third-order valence-electron chi connectivity index (χ3n) is 5.12. The van der Waals surface area contributed by atoms with Gasteiger partial charge in [-0.3, -0.25) is 0 Å². The molecule has 3 rings (SSSR count). The highest BCUT2D eigenvalue weighted by atomic mass is 15.1. The lowest BCUT2D eigenvalue weighted by atomic mass is 9.65. The van der Waals surface area contributed by atoms with Gasteiger partial charge in [0.25, 0.3) is 0 Å². The summed E-state index contributed by atoms with van der Waals surface area (Å²) in [6.45, 7) is 2.60. The van der Waals surface area contributed by atoms with E-state index in [2.05, 4.69) is 36.3 Å². The van der Waals surface area contributed by atoms with Gasteiger partial charge in [0.05, 0.1) is 0 Å². The van der Waals surface area contributed by atoms with Crippen molar-refractivity contribution in [2.24, 2.45) is 5.41 Å². The summed E-state index contributed by atoms with van der Waals surface area (Å²) >= 11 is 0. The van der Waals surface area contributed by atoms with E-state index < -0.39 is 0 Å². The predicted octanol–water partition coefficient (Wildman–Crippen LogP) is 4.09. The smallest absolute Gasteiger partial charge is 0.00164 e. The average Bonchev–Trinajstić information content (AvgIpc) is 2.36. The molecule has 1 aliphatic heterocycles. The van der Waals surface area contributed by atoms with Crippen LogP contribution in [0.4, 0.5) is 0 Å². The zero-order chi connectivity index (χ0) is 12.4. The molecule has 1 spiro atoms. The van der Waals surface area contributed by atoms with Crippen LogP contribution in [0.15, 0.2) is 35.5 Å². The predicted molar refractivity (Wildman–Crippen MR) is 77.6 cm³/mol. The SMILES string of the molecule is CN1CCC2(CCC3=C/C/C=C\C/C=C\3C2)CC1. The molecule has 1 saturated carbocycles. The minimum absolute atomic E-state index is 0.637. The fraction of sp³-hybridized carbons (Fsp3) is 0.647. The molecule has 0 aromatic rings. The Morgan fingerprint density at radius 3 is 2.33 bits per heavy atom. The second kappa shape index (κ2) is 5.05. The number of fused-ring (bicyclic) bond motifs is 1. The molecule has 0 radical (unpaired) electrons. The summed E-state index contributed by atoms with van der Waals surface area (Å²) in [7, 11) is 2.26. The van der Waals surface area contributed by atoms with Crippen molar-refractivity contribution in [1.82, 2.24) is 4.90 Å².